The first kappa shape index (κ1) is 25.2. The largest absolute Gasteiger partial charge is 0.457 e. The normalized spacial score (nSPS) is 20.9. The van der Waals surface area contributed by atoms with Crippen LogP contribution >= 0.6 is 11.3 Å². The summed E-state index contributed by atoms with van der Waals surface area (Å²) in [4.78, 5) is 41.6. The standard InChI is InChI=1S/C30H31N5O4S/c36-26-2-1-13-34(26)16-21-6-5-20(28(38)31-22-15-27(37)35(17-22)23-9-10-23)14-25(21)39-24-11-7-19(8-12-24)30-33-32-29(40-30)18-3-4-18/h5-8,11-12,14,18,22-23H,1-4,9-10,13,15-17H2,(H,31,38). The van der Waals surface area contributed by atoms with Gasteiger partial charge in [0.1, 0.15) is 21.5 Å². The van der Waals surface area contributed by atoms with Gasteiger partial charge in [-0.1, -0.05) is 17.4 Å². The summed E-state index contributed by atoms with van der Waals surface area (Å²) >= 11 is 1.64. The molecule has 3 heterocycles. The molecule has 2 aromatic carbocycles. The van der Waals surface area contributed by atoms with Crippen LogP contribution < -0.4 is 10.1 Å². The topological polar surface area (TPSA) is 105 Å². The first-order valence-electron chi connectivity index (χ1n) is 14.1. The highest BCUT2D eigenvalue weighted by molar-refractivity contribution is 7.14. The van der Waals surface area contributed by atoms with Crippen molar-refractivity contribution in [3.05, 3.63) is 58.6 Å². The van der Waals surface area contributed by atoms with Gasteiger partial charge in [0.25, 0.3) is 5.91 Å². The number of hydrogen-bond acceptors (Lipinski definition) is 7. The molecular weight excluding hydrogens is 526 g/mol. The molecule has 1 atom stereocenters. The highest BCUT2D eigenvalue weighted by Crippen LogP contribution is 2.43. The highest BCUT2D eigenvalue weighted by atomic mass is 32.1. The van der Waals surface area contributed by atoms with Crippen molar-refractivity contribution in [2.45, 2.75) is 69.5 Å². The molecule has 0 radical (unpaired) electrons. The van der Waals surface area contributed by atoms with Gasteiger partial charge in [-0.05, 0) is 68.5 Å². The Labute approximate surface area is 236 Å². The van der Waals surface area contributed by atoms with E-state index in [0.717, 1.165) is 40.4 Å². The molecule has 1 unspecified atom stereocenters. The van der Waals surface area contributed by atoms with Gasteiger partial charge in [0.2, 0.25) is 11.8 Å². The lowest BCUT2D eigenvalue weighted by Crippen LogP contribution is -2.37. The summed E-state index contributed by atoms with van der Waals surface area (Å²) in [7, 11) is 0. The van der Waals surface area contributed by atoms with Crippen molar-refractivity contribution in [3.63, 3.8) is 0 Å². The van der Waals surface area contributed by atoms with Gasteiger partial charge in [0.15, 0.2) is 0 Å². The number of ether oxygens (including phenoxy) is 1. The predicted molar refractivity (Wildman–Crippen MR) is 149 cm³/mol. The number of nitrogens with zero attached hydrogens (tertiary/aromatic N) is 4. The summed E-state index contributed by atoms with van der Waals surface area (Å²) in [5.41, 5.74) is 2.28. The minimum Gasteiger partial charge on any atom is -0.457 e. The Morgan fingerprint density at radius 2 is 1.85 bits per heavy atom. The highest BCUT2D eigenvalue weighted by Gasteiger charge is 2.39. The number of amides is 3. The van der Waals surface area contributed by atoms with Crippen LogP contribution in [0.5, 0.6) is 11.5 Å². The van der Waals surface area contributed by atoms with Crippen LogP contribution in [0.4, 0.5) is 0 Å². The number of nitrogens with one attached hydrogen (secondary N) is 1. The van der Waals surface area contributed by atoms with E-state index >= 15 is 0 Å². The molecular formula is C30H31N5O4S. The summed E-state index contributed by atoms with van der Waals surface area (Å²) in [5, 5.41) is 13.7. The van der Waals surface area contributed by atoms with Gasteiger partial charge < -0.3 is 19.9 Å². The fourth-order valence-corrected chi connectivity index (χ4v) is 6.49. The molecule has 0 bridgehead atoms. The Bertz CT molecular complexity index is 1460. The summed E-state index contributed by atoms with van der Waals surface area (Å²) < 4.78 is 6.32. The molecule has 1 aromatic heterocycles. The number of benzene rings is 2. The molecule has 4 fully saturated rings. The third kappa shape index (κ3) is 5.32. The van der Waals surface area contributed by atoms with Crippen molar-refractivity contribution in [3.8, 4) is 22.1 Å². The fourth-order valence-electron chi connectivity index (χ4n) is 5.47. The minimum atomic E-state index is -0.234. The maximum absolute atomic E-state index is 13.2. The molecule has 9 nitrogen and oxygen atoms in total. The molecule has 2 aliphatic heterocycles. The maximum atomic E-state index is 13.2. The van der Waals surface area contributed by atoms with E-state index in [9.17, 15) is 14.4 Å². The second kappa shape index (κ2) is 10.3. The van der Waals surface area contributed by atoms with E-state index in [1.807, 2.05) is 40.1 Å². The average molecular weight is 558 g/mol. The Hall–Kier alpha value is -3.79. The molecule has 2 saturated heterocycles. The van der Waals surface area contributed by atoms with E-state index in [4.69, 9.17) is 4.74 Å². The van der Waals surface area contributed by atoms with Crippen molar-refractivity contribution in [1.82, 2.24) is 25.3 Å². The molecule has 3 aromatic rings. The molecule has 4 aliphatic rings. The molecule has 1 N–H and O–H groups in total. The smallest absolute Gasteiger partial charge is 0.251 e. The van der Waals surface area contributed by atoms with E-state index in [-0.39, 0.29) is 23.8 Å². The number of hydrogen-bond donors (Lipinski definition) is 1. The Morgan fingerprint density at radius 3 is 2.58 bits per heavy atom. The van der Waals surface area contributed by atoms with Crippen molar-refractivity contribution in [1.29, 1.82) is 0 Å². The summed E-state index contributed by atoms with van der Waals surface area (Å²) in [5.74, 6) is 1.75. The van der Waals surface area contributed by atoms with E-state index in [1.54, 1.807) is 23.5 Å². The van der Waals surface area contributed by atoms with Crippen LogP contribution in [-0.4, -0.2) is 62.9 Å². The summed E-state index contributed by atoms with van der Waals surface area (Å²) in [6.07, 6.45) is 6.24. The molecule has 2 saturated carbocycles. The number of rotatable bonds is 9. The summed E-state index contributed by atoms with van der Waals surface area (Å²) in [6.45, 7) is 1.71. The van der Waals surface area contributed by atoms with Gasteiger partial charge in [0, 0.05) is 61.1 Å². The lowest BCUT2D eigenvalue weighted by molar-refractivity contribution is -0.129. The summed E-state index contributed by atoms with van der Waals surface area (Å²) in [6, 6.07) is 13.2. The molecule has 206 valence electrons. The number of carbonyl (C=O) groups excluding carboxylic acids is 3. The SMILES string of the molecule is O=C(NC1CC(=O)N(C2CC2)C1)c1ccc(CN2CCCC2=O)c(Oc2ccc(-c3nnc(C4CC4)s3)cc2)c1. The van der Waals surface area contributed by atoms with Gasteiger partial charge in [-0.3, -0.25) is 14.4 Å². The quantitative estimate of drug-likeness (QED) is 0.416. The van der Waals surface area contributed by atoms with Gasteiger partial charge in [-0.2, -0.15) is 0 Å². The number of aromatic nitrogens is 2. The zero-order valence-electron chi connectivity index (χ0n) is 22.2. The Morgan fingerprint density at radius 1 is 1.02 bits per heavy atom. The molecule has 10 heteroatoms. The first-order chi connectivity index (χ1) is 19.5. The minimum absolute atomic E-state index is 0.114. The van der Waals surface area contributed by atoms with Crippen LogP contribution in [0.3, 0.4) is 0 Å². The van der Waals surface area contributed by atoms with Gasteiger partial charge >= 0.3 is 0 Å². The zero-order chi connectivity index (χ0) is 27.2. The zero-order valence-corrected chi connectivity index (χ0v) is 23.0. The molecule has 2 aliphatic carbocycles. The molecule has 7 rings (SSSR count). The second-order valence-corrected chi connectivity index (χ2v) is 12.2. The lowest BCUT2D eigenvalue weighted by atomic mass is 10.1. The van der Waals surface area contributed by atoms with Crippen molar-refractivity contribution in [2.24, 2.45) is 0 Å². The van der Waals surface area contributed by atoms with E-state index in [0.29, 0.717) is 61.5 Å². The van der Waals surface area contributed by atoms with Crippen LogP contribution in [-0.2, 0) is 16.1 Å². The van der Waals surface area contributed by atoms with Gasteiger partial charge in [0.05, 0.1) is 6.04 Å². The van der Waals surface area contributed by atoms with Crippen LogP contribution in [0.1, 0.15) is 71.8 Å². The number of likely N-dealkylation sites (tertiary alicyclic amines) is 2. The number of carbonyl (C=O) groups is 3. The van der Waals surface area contributed by atoms with Crippen molar-refractivity contribution < 1.29 is 19.1 Å². The fraction of sp³-hybridized carbons (Fsp3) is 0.433. The molecule has 40 heavy (non-hydrogen) atoms. The second-order valence-electron chi connectivity index (χ2n) is 11.2. The first-order valence-corrected chi connectivity index (χ1v) is 14.9. The molecule has 3 amide bonds. The Balaban J connectivity index is 1.09. The monoisotopic (exact) mass is 557 g/mol. The van der Waals surface area contributed by atoms with Crippen LogP contribution in [0.25, 0.3) is 10.6 Å². The van der Waals surface area contributed by atoms with Crippen LogP contribution in [0, 0.1) is 0 Å². The van der Waals surface area contributed by atoms with E-state index < -0.39 is 0 Å². The van der Waals surface area contributed by atoms with Crippen molar-refractivity contribution in [2.75, 3.05) is 13.1 Å². The van der Waals surface area contributed by atoms with Crippen LogP contribution in [0.15, 0.2) is 42.5 Å². The average Bonchev–Trinajstić information content (AvgIpc) is 3.87. The van der Waals surface area contributed by atoms with Crippen molar-refractivity contribution >= 4 is 29.1 Å². The van der Waals surface area contributed by atoms with Crippen LogP contribution in [0.2, 0.25) is 0 Å². The third-order valence-electron chi connectivity index (χ3n) is 8.04. The Kier molecular flexibility index (Phi) is 6.50. The van der Waals surface area contributed by atoms with E-state index in [2.05, 4.69) is 15.5 Å². The van der Waals surface area contributed by atoms with Gasteiger partial charge in [-0.25, -0.2) is 0 Å². The predicted octanol–water partition coefficient (Wildman–Crippen LogP) is 4.49. The third-order valence-corrected chi connectivity index (χ3v) is 9.17. The maximum Gasteiger partial charge on any atom is 0.251 e. The molecule has 0 spiro atoms. The van der Waals surface area contributed by atoms with E-state index in [1.165, 1.54) is 12.8 Å². The lowest BCUT2D eigenvalue weighted by Gasteiger charge is -2.20. The van der Waals surface area contributed by atoms with Gasteiger partial charge in [-0.15, -0.1) is 10.2 Å².